The third-order valence-corrected chi connectivity index (χ3v) is 6.11. The van der Waals surface area contributed by atoms with Gasteiger partial charge in [-0.25, -0.2) is 9.97 Å². The largest absolute Gasteiger partial charge is 0.383 e. The number of halogens is 1. The van der Waals surface area contributed by atoms with Gasteiger partial charge in [0.2, 0.25) is 0 Å². The zero-order chi connectivity index (χ0) is 20.1. The topological polar surface area (TPSA) is 90.6 Å². The number of aromatic nitrogens is 2. The summed E-state index contributed by atoms with van der Waals surface area (Å²) >= 11 is 3.50. The van der Waals surface area contributed by atoms with Gasteiger partial charge in [0.1, 0.15) is 5.82 Å². The summed E-state index contributed by atoms with van der Waals surface area (Å²) in [5.41, 5.74) is 11.1. The molecule has 3 aromatic rings. The Balaban J connectivity index is 1.51. The second kappa shape index (κ2) is 7.05. The van der Waals surface area contributed by atoms with Crippen LogP contribution < -0.4 is 5.73 Å². The van der Waals surface area contributed by atoms with Crippen molar-refractivity contribution in [3.63, 3.8) is 0 Å². The molecule has 1 amide bonds. The monoisotopic (exact) mass is 454 g/mol. The van der Waals surface area contributed by atoms with Crippen LogP contribution in [0.5, 0.6) is 0 Å². The van der Waals surface area contributed by atoms with E-state index in [1.165, 1.54) is 0 Å². The molecule has 4 heterocycles. The van der Waals surface area contributed by atoms with E-state index >= 15 is 0 Å². The van der Waals surface area contributed by atoms with E-state index in [-0.39, 0.29) is 11.9 Å². The average molecular weight is 455 g/mol. The highest BCUT2D eigenvalue weighted by Gasteiger charge is 2.29. The van der Waals surface area contributed by atoms with Crippen molar-refractivity contribution in [1.29, 1.82) is 0 Å². The van der Waals surface area contributed by atoms with Crippen molar-refractivity contribution in [3.8, 4) is 0 Å². The van der Waals surface area contributed by atoms with Gasteiger partial charge in [0.25, 0.3) is 5.91 Å². The first-order chi connectivity index (χ1) is 14.0. The van der Waals surface area contributed by atoms with Crippen molar-refractivity contribution in [2.24, 2.45) is 0 Å². The first kappa shape index (κ1) is 18.5. The smallest absolute Gasteiger partial charge is 0.255 e. The summed E-state index contributed by atoms with van der Waals surface area (Å²) in [6.45, 7) is 1.89. The van der Waals surface area contributed by atoms with E-state index in [9.17, 15) is 4.79 Å². The zero-order valence-corrected chi connectivity index (χ0v) is 17.4. The van der Waals surface area contributed by atoms with Crippen LogP contribution in [0.2, 0.25) is 0 Å². The minimum absolute atomic E-state index is 0.117. The maximum atomic E-state index is 13.3. The third-order valence-electron chi connectivity index (χ3n) is 5.62. The zero-order valence-electron chi connectivity index (χ0n) is 15.8. The number of nitrogens with two attached hydrogens (primary N) is 1. The van der Waals surface area contributed by atoms with Gasteiger partial charge in [0.15, 0.2) is 5.65 Å². The first-order valence-corrected chi connectivity index (χ1v) is 10.1. The van der Waals surface area contributed by atoms with Gasteiger partial charge in [-0.2, -0.15) is 0 Å². The van der Waals surface area contributed by atoms with Crippen molar-refractivity contribution in [3.05, 3.63) is 62.8 Å². The molecule has 1 aromatic carbocycles. The fourth-order valence-electron chi connectivity index (χ4n) is 4.03. The molecular weight excluding hydrogens is 436 g/mol. The van der Waals surface area contributed by atoms with Gasteiger partial charge in [-0.15, -0.1) is 0 Å². The number of carbonyl (C=O) groups excluding carboxylic acids is 1. The number of pyridine rings is 2. The molecule has 2 aromatic heterocycles. The molecule has 1 atom stereocenters. The molecule has 2 N–H and O–H groups in total. The second-order valence-electron chi connectivity index (χ2n) is 7.33. The van der Waals surface area contributed by atoms with E-state index in [1.54, 1.807) is 18.1 Å². The molecule has 0 aliphatic carbocycles. The van der Waals surface area contributed by atoms with Crippen LogP contribution in [0.25, 0.3) is 11.0 Å². The van der Waals surface area contributed by atoms with Gasteiger partial charge >= 0.3 is 0 Å². The fraction of sp³-hybridized carbons (Fsp3) is 0.286. The van der Waals surface area contributed by atoms with Crippen molar-refractivity contribution in [2.75, 3.05) is 19.4 Å². The summed E-state index contributed by atoms with van der Waals surface area (Å²) in [5, 5.41) is 0.815. The molecule has 2 aliphatic heterocycles. The van der Waals surface area contributed by atoms with Gasteiger partial charge in [0.05, 0.1) is 38.0 Å². The highest BCUT2D eigenvalue weighted by Crippen LogP contribution is 2.33. The molecule has 1 unspecified atom stereocenters. The molecule has 148 valence electrons. The van der Waals surface area contributed by atoms with E-state index in [0.717, 1.165) is 32.1 Å². The quantitative estimate of drug-likeness (QED) is 0.638. The number of ether oxygens (including phenoxy) is 2. The SMILES string of the molecule is CN(C(=O)c1cnc2nc(N)c3c(c2c1)COC3)C1COCc2cc(Br)ccc21. The summed E-state index contributed by atoms with van der Waals surface area (Å²) in [4.78, 5) is 23.7. The molecule has 0 radical (unpaired) electrons. The lowest BCUT2D eigenvalue weighted by atomic mass is 9.97. The Hall–Kier alpha value is -2.55. The molecule has 0 fully saturated rings. The summed E-state index contributed by atoms with van der Waals surface area (Å²) < 4.78 is 12.3. The number of carbonyl (C=O) groups is 1. The minimum atomic E-state index is -0.159. The summed E-state index contributed by atoms with van der Waals surface area (Å²) in [6, 6.07) is 7.76. The highest BCUT2D eigenvalue weighted by atomic mass is 79.9. The molecule has 2 aliphatic rings. The Labute approximate surface area is 176 Å². The van der Waals surface area contributed by atoms with Crippen molar-refractivity contribution in [1.82, 2.24) is 14.9 Å². The number of anilines is 1. The number of benzene rings is 1. The number of likely N-dealkylation sites (N-methyl/N-ethyl adjacent to an activating group) is 1. The van der Waals surface area contributed by atoms with Gasteiger partial charge in [-0.1, -0.05) is 22.0 Å². The van der Waals surface area contributed by atoms with Gasteiger partial charge in [-0.05, 0) is 34.9 Å². The lowest BCUT2D eigenvalue weighted by Gasteiger charge is -2.33. The molecule has 0 bridgehead atoms. The van der Waals surface area contributed by atoms with Crippen LogP contribution in [0.3, 0.4) is 0 Å². The standard InChI is InChI=1S/C21H19BrN4O3/c1-26(18-10-28-7-12-4-13(22)2-3-14(12)18)21(27)11-5-15-16-8-29-9-17(16)19(23)25-20(15)24-6-11/h2-6,18H,7-10H2,1H3,(H2,23,24,25). The first-order valence-electron chi connectivity index (χ1n) is 9.31. The maximum Gasteiger partial charge on any atom is 0.255 e. The van der Waals surface area contributed by atoms with Crippen molar-refractivity contribution < 1.29 is 14.3 Å². The Morgan fingerprint density at radius 1 is 1.21 bits per heavy atom. The van der Waals surface area contributed by atoms with E-state index < -0.39 is 0 Å². The Kier molecular flexibility index (Phi) is 4.49. The third kappa shape index (κ3) is 3.08. The molecule has 29 heavy (non-hydrogen) atoms. The molecular formula is C21H19BrN4O3. The number of rotatable bonds is 2. The predicted octanol–water partition coefficient (Wildman–Crippen LogP) is 3.35. The summed E-state index contributed by atoms with van der Waals surface area (Å²) in [7, 11) is 1.80. The Bertz CT molecular complexity index is 1150. The molecule has 5 rings (SSSR count). The maximum absolute atomic E-state index is 13.3. The van der Waals surface area contributed by atoms with Crippen LogP contribution in [-0.4, -0.2) is 34.4 Å². The Morgan fingerprint density at radius 2 is 2.03 bits per heavy atom. The number of fused-ring (bicyclic) bond motifs is 4. The van der Waals surface area contributed by atoms with Gasteiger partial charge in [0, 0.05) is 28.7 Å². The van der Waals surface area contributed by atoms with Crippen molar-refractivity contribution >= 4 is 38.7 Å². The summed E-state index contributed by atoms with van der Waals surface area (Å²) in [5.74, 6) is 0.323. The van der Waals surface area contributed by atoms with E-state index in [4.69, 9.17) is 15.2 Å². The number of hydrogen-bond donors (Lipinski definition) is 1. The van der Waals surface area contributed by atoms with Crippen LogP contribution in [0.1, 0.15) is 38.7 Å². The second-order valence-corrected chi connectivity index (χ2v) is 8.25. The minimum Gasteiger partial charge on any atom is -0.383 e. The highest BCUT2D eigenvalue weighted by molar-refractivity contribution is 9.10. The summed E-state index contributed by atoms with van der Waals surface area (Å²) in [6.07, 6.45) is 1.56. The number of hydrogen-bond acceptors (Lipinski definition) is 6. The number of nitrogen functional groups attached to an aromatic ring is 1. The molecule has 8 heteroatoms. The number of amides is 1. The fourth-order valence-corrected chi connectivity index (χ4v) is 4.43. The van der Waals surface area contributed by atoms with Crippen molar-refractivity contribution in [2.45, 2.75) is 25.9 Å². The van der Waals surface area contributed by atoms with Crippen LogP contribution in [-0.2, 0) is 29.3 Å². The van der Waals surface area contributed by atoms with Gasteiger partial charge in [-0.3, -0.25) is 4.79 Å². The van der Waals surface area contributed by atoms with Crippen LogP contribution >= 0.6 is 15.9 Å². The van der Waals surface area contributed by atoms with Crippen LogP contribution in [0.15, 0.2) is 34.9 Å². The predicted molar refractivity (Wildman–Crippen MR) is 111 cm³/mol. The van der Waals surface area contributed by atoms with E-state index in [0.29, 0.717) is 43.5 Å². The van der Waals surface area contributed by atoms with E-state index in [1.807, 2.05) is 24.3 Å². The average Bonchev–Trinajstić information content (AvgIpc) is 3.23. The lowest BCUT2D eigenvalue weighted by Crippen LogP contribution is -2.36. The molecule has 7 nitrogen and oxygen atoms in total. The lowest BCUT2D eigenvalue weighted by molar-refractivity contribution is 0.0346. The molecule has 0 saturated carbocycles. The number of nitrogens with zero attached hydrogens (tertiary/aromatic N) is 3. The Morgan fingerprint density at radius 3 is 2.90 bits per heavy atom. The molecule has 0 spiro atoms. The van der Waals surface area contributed by atoms with Gasteiger partial charge < -0.3 is 20.1 Å². The molecule has 0 saturated heterocycles. The van der Waals surface area contributed by atoms with E-state index in [2.05, 4.69) is 25.9 Å². The van der Waals surface area contributed by atoms with Crippen LogP contribution in [0, 0.1) is 0 Å². The normalized spacial score (nSPS) is 17.8. The van der Waals surface area contributed by atoms with Crippen LogP contribution in [0.4, 0.5) is 5.82 Å².